The van der Waals surface area contributed by atoms with E-state index in [0.717, 1.165) is 16.9 Å². The van der Waals surface area contributed by atoms with Crippen molar-refractivity contribution in [2.45, 2.75) is 58.3 Å². The number of benzene rings is 2. The highest BCUT2D eigenvalue weighted by Gasteiger charge is 2.55. The van der Waals surface area contributed by atoms with Crippen molar-refractivity contribution in [1.82, 2.24) is 15.1 Å². The quantitative estimate of drug-likeness (QED) is 0.473. The van der Waals surface area contributed by atoms with Crippen LogP contribution >= 0.6 is 0 Å². The first-order valence-electron chi connectivity index (χ1n) is 11.6. The summed E-state index contributed by atoms with van der Waals surface area (Å²) in [7, 11) is 0. The summed E-state index contributed by atoms with van der Waals surface area (Å²) in [4.78, 5) is 31.8. The highest BCUT2D eigenvalue weighted by Crippen LogP contribution is 2.33. The van der Waals surface area contributed by atoms with Crippen LogP contribution in [0.25, 0.3) is 11.4 Å². The van der Waals surface area contributed by atoms with Gasteiger partial charge in [-0.1, -0.05) is 36.4 Å². The first-order chi connectivity index (χ1) is 16.8. The second-order valence-corrected chi connectivity index (χ2v) is 9.15. The predicted molar refractivity (Wildman–Crippen MR) is 126 cm³/mol. The smallest absolute Gasteiger partial charge is 0.263 e. The zero-order valence-electron chi connectivity index (χ0n) is 20.0. The largest absolute Gasteiger partial charge is 0.491 e. The van der Waals surface area contributed by atoms with Gasteiger partial charge < -0.3 is 9.26 Å². The van der Waals surface area contributed by atoms with Gasteiger partial charge in [-0.15, -0.1) is 0 Å². The maximum atomic E-state index is 13.2. The number of aromatic nitrogens is 2. The highest BCUT2D eigenvalue weighted by atomic mass is 16.5. The van der Waals surface area contributed by atoms with E-state index >= 15 is 0 Å². The van der Waals surface area contributed by atoms with Gasteiger partial charge in [0.25, 0.3) is 11.8 Å². The van der Waals surface area contributed by atoms with Crippen LogP contribution in [0.3, 0.4) is 0 Å². The number of ether oxygens (including phenoxy) is 1. The number of rotatable bonds is 7. The van der Waals surface area contributed by atoms with Crippen molar-refractivity contribution in [3.63, 3.8) is 0 Å². The van der Waals surface area contributed by atoms with Crippen molar-refractivity contribution in [2.24, 2.45) is 10.3 Å². The standard InChI is InChI=1S/C25H26N6O4/c1-14(2)16-5-9-18(10-6-16)31-24(32)21-22(25(31)33)30(29-27-21)13-20-26-23(28-35-20)17-7-11-19(12-8-17)34-15(3)4/h5-12,14-15,21-22H,13H2,1-4H3/t21-,22+/m1/s1. The Labute approximate surface area is 202 Å². The number of anilines is 1. The molecule has 10 nitrogen and oxygen atoms in total. The van der Waals surface area contributed by atoms with Crippen molar-refractivity contribution in [3.8, 4) is 17.1 Å². The minimum absolute atomic E-state index is 0.0609. The molecule has 2 aromatic carbocycles. The van der Waals surface area contributed by atoms with E-state index in [1.165, 1.54) is 9.91 Å². The molecule has 1 aromatic heterocycles. The Balaban J connectivity index is 1.30. The minimum atomic E-state index is -0.886. The van der Waals surface area contributed by atoms with Gasteiger partial charge in [0, 0.05) is 5.56 Å². The van der Waals surface area contributed by atoms with Gasteiger partial charge >= 0.3 is 0 Å². The zero-order chi connectivity index (χ0) is 24.7. The van der Waals surface area contributed by atoms with Gasteiger partial charge in [-0.3, -0.25) is 14.6 Å². The van der Waals surface area contributed by atoms with Gasteiger partial charge in [0.05, 0.1) is 11.8 Å². The van der Waals surface area contributed by atoms with Crippen LogP contribution in [0, 0.1) is 0 Å². The van der Waals surface area contributed by atoms with Crippen molar-refractivity contribution >= 4 is 17.5 Å². The maximum absolute atomic E-state index is 13.2. The lowest BCUT2D eigenvalue weighted by atomic mass is 10.0. The summed E-state index contributed by atoms with van der Waals surface area (Å²) in [5, 5.41) is 13.6. The molecule has 2 aliphatic rings. The number of imide groups is 1. The fraction of sp³-hybridized carbons (Fsp3) is 0.360. The van der Waals surface area contributed by atoms with Crippen LogP contribution in [-0.4, -0.2) is 45.2 Å². The molecule has 0 saturated carbocycles. The number of carbonyl (C=O) groups excluding carboxylic acids is 2. The molecule has 0 spiro atoms. The molecule has 0 N–H and O–H groups in total. The summed E-state index contributed by atoms with van der Waals surface area (Å²) < 4.78 is 11.0. The summed E-state index contributed by atoms with van der Waals surface area (Å²) in [5.41, 5.74) is 2.42. The molecule has 0 radical (unpaired) electrons. The first kappa shape index (κ1) is 22.7. The number of amides is 2. The van der Waals surface area contributed by atoms with E-state index in [1.54, 1.807) is 12.1 Å². The summed E-state index contributed by atoms with van der Waals surface area (Å²) >= 11 is 0. The Hall–Kier alpha value is -4.08. The Kier molecular flexibility index (Phi) is 5.80. The molecule has 0 bridgehead atoms. The van der Waals surface area contributed by atoms with Gasteiger partial charge in [0.1, 0.15) is 12.3 Å². The van der Waals surface area contributed by atoms with E-state index in [-0.39, 0.29) is 24.4 Å². The van der Waals surface area contributed by atoms with Crippen LogP contribution in [0.2, 0.25) is 0 Å². The Bertz CT molecular complexity index is 1270. The number of fused-ring (bicyclic) bond motifs is 1. The van der Waals surface area contributed by atoms with Gasteiger partial charge in [0.2, 0.25) is 11.7 Å². The number of nitrogens with zero attached hydrogens (tertiary/aromatic N) is 6. The van der Waals surface area contributed by atoms with Gasteiger partial charge in [-0.05, 0) is 61.7 Å². The van der Waals surface area contributed by atoms with Gasteiger partial charge in [-0.2, -0.15) is 10.1 Å². The summed E-state index contributed by atoms with van der Waals surface area (Å²) in [5.74, 6) is 1.01. The van der Waals surface area contributed by atoms with Crippen molar-refractivity contribution < 1.29 is 18.8 Å². The van der Waals surface area contributed by atoms with E-state index in [0.29, 0.717) is 17.4 Å². The molecule has 1 fully saturated rings. The molecule has 5 rings (SSSR count). The van der Waals surface area contributed by atoms with Crippen molar-refractivity contribution in [2.75, 3.05) is 4.90 Å². The van der Waals surface area contributed by atoms with Crippen LogP contribution in [-0.2, 0) is 16.1 Å². The monoisotopic (exact) mass is 474 g/mol. The molecule has 1 saturated heterocycles. The molecule has 0 aliphatic carbocycles. The lowest BCUT2D eigenvalue weighted by Crippen LogP contribution is -2.39. The third-order valence-corrected chi connectivity index (χ3v) is 5.93. The lowest BCUT2D eigenvalue weighted by molar-refractivity contribution is -0.123. The van der Waals surface area contributed by atoms with Crippen LogP contribution in [0.15, 0.2) is 63.4 Å². The molecule has 180 valence electrons. The first-order valence-corrected chi connectivity index (χ1v) is 11.6. The van der Waals surface area contributed by atoms with E-state index in [1.807, 2.05) is 50.2 Å². The third kappa shape index (κ3) is 4.27. The second kappa shape index (κ2) is 8.94. The highest BCUT2D eigenvalue weighted by molar-refractivity contribution is 6.25. The fourth-order valence-electron chi connectivity index (χ4n) is 4.15. The summed E-state index contributed by atoms with van der Waals surface area (Å²) in [6, 6.07) is 13.1. The summed E-state index contributed by atoms with van der Waals surface area (Å²) in [6.45, 7) is 8.16. The summed E-state index contributed by atoms with van der Waals surface area (Å²) in [6.07, 6.45) is 0.0802. The minimum Gasteiger partial charge on any atom is -0.491 e. The molecular weight excluding hydrogens is 448 g/mol. The average Bonchev–Trinajstić information content (AvgIpc) is 3.52. The average molecular weight is 475 g/mol. The van der Waals surface area contributed by atoms with E-state index in [9.17, 15) is 9.59 Å². The fourth-order valence-corrected chi connectivity index (χ4v) is 4.15. The predicted octanol–water partition coefficient (Wildman–Crippen LogP) is 4.14. The van der Waals surface area contributed by atoms with Crippen LogP contribution in [0.5, 0.6) is 5.75 Å². The molecule has 3 heterocycles. The second-order valence-electron chi connectivity index (χ2n) is 9.15. The molecule has 2 amide bonds. The van der Waals surface area contributed by atoms with Gasteiger partial charge in [0.15, 0.2) is 12.1 Å². The number of carbonyl (C=O) groups is 2. The van der Waals surface area contributed by atoms with E-state index in [4.69, 9.17) is 9.26 Å². The topological polar surface area (TPSA) is 113 Å². The molecule has 35 heavy (non-hydrogen) atoms. The maximum Gasteiger partial charge on any atom is 0.263 e. The van der Waals surface area contributed by atoms with Crippen LogP contribution < -0.4 is 9.64 Å². The normalized spacial score (nSPS) is 19.4. The third-order valence-electron chi connectivity index (χ3n) is 5.93. The molecule has 10 heteroatoms. The Morgan fingerprint density at radius 3 is 2.34 bits per heavy atom. The lowest BCUT2D eigenvalue weighted by Gasteiger charge is -2.19. The molecule has 2 aliphatic heterocycles. The van der Waals surface area contributed by atoms with Crippen LogP contribution in [0.1, 0.15) is 45.1 Å². The van der Waals surface area contributed by atoms with Crippen molar-refractivity contribution in [3.05, 3.63) is 60.0 Å². The molecular formula is C25H26N6O4. The Morgan fingerprint density at radius 1 is 0.971 bits per heavy atom. The van der Waals surface area contributed by atoms with Crippen molar-refractivity contribution in [1.29, 1.82) is 0 Å². The van der Waals surface area contributed by atoms with E-state index < -0.39 is 18.0 Å². The van der Waals surface area contributed by atoms with Crippen LogP contribution in [0.4, 0.5) is 5.69 Å². The number of hydrogen-bond donors (Lipinski definition) is 0. The SMILES string of the molecule is CC(C)Oc1ccc(-c2noc(CN3N=N[C@H]4C(=O)N(c5ccc(C(C)C)cc5)C(=O)[C@H]43)n2)cc1. The zero-order valence-corrected chi connectivity index (χ0v) is 20.0. The molecule has 2 atom stereocenters. The Morgan fingerprint density at radius 2 is 1.69 bits per heavy atom. The van der Waals surface area contributed by atoms with E-state index in [2.05, 4.69) is 34.3 Å². The molecule has 0 unspecified atom stereocenters. The molecule has 3 aromatic rings. The number of hydrogen-bond acceptors (Lipinski definition) is 9. The van der Waals surface area contributed by atoms with Gasteiger partial charge in [-0.25, -0.2) is 4.90 Å².